The minimum atomic E-state index is -0.891. The highest BCUT2D eigenvalue weighted by atomic mass is 32.1. The molecule has 142 valence electrons. The van der Waals surface area contributed by atoms with Crippen LogP contribution in [0.15, 0.2) is 24.7 Å². The molecule has 3 heterocycles. The molecule has 27 heavy (non-hydrogen) atoms. The van der Waals surface area contributed by atoms with E-state index < -0.39 is 11.9 Å². The molecule has 1 atom stereocenters. The Morgan fingerprint density at radius 1 is 1.30 bits per heavy atom. The molecule has 2 aromatic heterocycles. The van der Waals surface area contributed by atoms with Gasteiger partial charge in [-0.2, -0.15) is 0 Å². The van der Waals surface area contributed by atoms with Crippen molar-refractivity contribution in [2.75, 3.05) is 26.7 Å². The molecule has 0 aromatic carbocycles. The average Bonchev–Trinajstić information content (AvgIpc) is 3.18. The van der Waals surface area contributed by atoms with Gasteiger partial charge in [-0.3, -0.25) is 14.4 Å². The third kappa shape index (κ3) is 4.45. The van der Waals surface area contributed by atoms with Gasteiger partial charge in [-0.05, 0) is 18.9 Å². The molecule has 1 aliphatic rings. The Balaban J connectivity index is 1.61. The predicted octanol–water partition coefficient (Wildman–Crippen LogP) is 0.995. The van der Waals surface area contributed by atoms with Crippen LogP contribution in [-0.2, 0) is 9.59 Å². The van der Waals surface area contributed by atoms with Gasteiger partial charge in [0.15, 0.2) is 10.8 Å². The summed E-state index contributed by atoms with van der Waals surface area (Å²) in [5.74, 6) is -1.58. The number of aromatic nitrogens is 3. The molecule has 1 aliphatic heterocycles. The second-order valence-electron chi connectivity index (χ2n) is 6.28. The number of likely N-dealkylation sites (N-methyl/N-ethyl adjacent to an activating group) is 1. The fourth-order valence-electron chi connectivity index (χ4n) is 2.85. The van der Waals surface area contributed by atoms with Crippen LogP contribution in [-0.4, -0.2) is 74.3 Å². The van der Waals surface area contributed by atoms with E-state index in [2.05, 4.69) is 15.0 Å². The maximum atomic E-state index is 12.6. The summed E-state index contributed by atoms with van der Waals surface area (Å²) in [6, 6.07) is 1.69. The number of hydrogen-bond donors (Lipinski definition) is 1. The van der Waals surface area contributed by atoms with Crippen LogP contribution in [0.25, 0.3) is 10.8 Å². The second kappa shape index (κ2) is 8.21. The number of hydrogen-bond acceptors (Lipinski definition) is 7. The van der Waals surface area contributed by atoms with Crippen molar-refractivity contribution in [3.63, 3.8) is 0 Å². The van der Waals surface area contributed by atoms with Crippen molar-refractivity contribution >= 4 is 29.1 Å². The van der Waals surface area contributed by atoms with Gasteiger partial charge in [0, 0.05) is 32.5 Å². The van der Waals surface area contributed by atoms with Crippen LogP contribution in [0.1, 0.15) is 22.5 Å². The van der Waals surface area contributed by atoms with Crippen molar-refractivity contribution in [1.82, 2.24) is 24.8 Å². The molecule has 1 N–H and O–H groups in total. The van der Waals surface area contributed by atoms with Gasteiger partial charge < -0.3 is 14.9 Å². The Kier molecular flexibility index (Phi) is 5.75. The van der Waals surface area contributed by atoms with Crippen molar-refractivity contribution in [1.29, 1.82) is 0 Å². The first-order valence-corrected chi connectivity index (χ1v) is 9.26. The molecule has 3 rings (SSSR count). The van der Waals surface area contributed by atoms with E-state index in [4.69, 9.17) is 5.11 Å². The molecule has 0 saturated carbocycles. The highest BCUT2D eigenvalue weighted by molar-refractivity contribution is 7.16. The van der Waals surface area contributed by atoms with E-state index in [0.29, 0.717) is 35.1 Å². The Bertz CT molecular complexity index is 841. The molecule has 2 amide bonds. The lowest BCUT2D eigenvalue weighted by Crippen LogP contribution is -2.46. The monoisotopic (exact) mass is 389 g/mol. The van der Waals surface area contributed by atoms with Crippen molar-refractivity contribution in [2.24, 2.45) is 5.92 Å². The van der Waals surface area contributed by atoms with Gasteiger partial charge in [0.1, 0.15) is 4.88 Å². The van der Waals surface area contributed by atoms with E-state index in [9.17, 15) is 14.4 Å². The lowest BCUT2D eigenvalue weighted by Gasteiger charge is -2.31. The molecule has 0 bridgehead atoms. The van der Waals surface area contributed by atoms with Crippen molar-refractivity contribution < 1.29 is 19.5 Å². The number of amides is 2. The molecule has 0 radical (unpaired) electrons. The van der Waals surface area contributed by atoms with E-state index in [1.165, 1.54) is 23.0 Å². The number of piperidine rings is 1. The SMILES string of the molecule is CN(CC(=O)N1CCCC(C(=O)O)C1)C(=O)c1cnc(-c2ncccn2)s1. The van der Waals surface area contributed by atoms with Gasteiger partial charge in [-0.1, -0.05) is 0 Å². The number of thiazole rings is 1. The molecule has 0 aliphatic carbocycles. The first-order chi connectivity index (χ1) is 13.0. The number of aliphatic carboxylic acids is 1. The summed E-state index contributed by atoms with van der Waals surface area (Å²) in [5, 5.41) is 9.66. The maximum Gasteiger partial charge on any atom is 0.308 e. The summed E-state index contributed by atoms with van der Waals surface area (Å²) in [4.78, 5) is 51.7. The van der Waals surface area contributed by atoms with E-state index in [0.717, 1.165) is 11.3 Å². The first-order valence-electron chi connectivity index (χ1n) is 8.45. The quantitative estimate of drug-likeness (QED) is 0.810. The highest BCUT2D eigenvalue weighted by Crippen LogP contribution is 2.23. The first kappa shape index (κ1) is 18.9. The van der Waals surface area contributed by atoms with Crippen LogP contribution in [0, 0.1) is 5.92 Å². The Hall–Kier alpha value is -2.88. The Morgan fingerprint density at radius 3 is 2.74 bits per heavy atom. The summed E-state index contributed by atoms with van der Waals surface area (Å²) in [6.07, 6.45) is 5.85. The fraction of sp³-hybridized carbons (Fsp3) is 0.412. The highest BCUT2D eigenvalue weighted by Gasteiger charge is 2.29. The smallest absolute Gasteiger partial charge is 0.308 e. The lowest BCUT2D eigenvalue weighted by molar-refractivity contribution is -0.145. The van der Waals surface area contributed by atoms with Crippen LogP contribution in [0.3, 0.4) is 0 Å². The third-order valence-electron chi connectivity index (χ3n) is 4.32. The summed E-state index contributed by atoms with van der Waals surface area (Å²) >= 11 is 1.16. The maximum absolute atomic E-state index is 12.6. The minimum absolute atomic E-state index is 0.111. The molecule has 1 saturated heterocycles. The molecule has 2 aromatic rings. The van der Waals surface area contributed by atoms with Crippen LogP contribution in [0.4, 0.5) is 0 Å². The van der Waals surface area contributed by atoms with Crippen LogP contribution >= 0.6 is 11.3 Å². The molecule has 0 spiro atoms. The number of nitrogens with zero attached hydrogens (tertiary/aromatic N) is 5. The predicted molar refractivity (Wildman–Crippen MR) is 97.0 cm³/mol. The number of carboxylic acid groups (broad SMARTS) is 1. The molecular formula is C17H19N5O4S. The Morgan fingerprint density at radius 2 is 2.04 bits per heavy atom. The van der Waals surface area contributed by atoms with E-state index in [1.54, 1.807) is 18.5 Å². The molecule has 1 unspecified atom stereocenters. The number of carbonyl (C=O) groups is 3. The van der Waals surface area contributed by atoms with E-state index in [-0.39, 0.29) is 24.9 Å². The topological polar surface area (TPSA) is 117 Å². The average molecular weight is 389 g/mol. The molecule has 1 fully saturated rings. The normalized spacial score (nSPS) is 16.8. The van der Waals surface area contributed by atoms with Gasteiger partial charge in [-0.25, -0.2) is 15.0 Å². The van der Waals surface area contributed by atoms with Gasteiger partial charge in [-0.15, -0.1) is 11.3 Å². The van der Waals surface area contributed by atoms with Gasteiger partial charge >= 0.3 is 5.97 Å². The van der Waals surface area contributed by atoms with Gasteiger partial charge in [0.25, 0.3) is 5.91 Å². The molecule has 9 nitrogen and oxygen atoms in total. The second-order valence-corrected chi connectivity index (χ2v) is 7.31. The Labute approximate surface area is 159 Å². The van der Waals surface area contributed by atoms with Crippen molar-refractivity contribution in [2.45, 2.75) is 12.8 Å². The molecule has 10 heteroatoms. The van der Waals surface area contributed by atoms with Crippen LogP contribution in [0.2, 0.25) is 0 Å². The van der Waals surface area contributed by atoms with Crippen LogP contribution < -0.4 is 0 Å². The van der Waals surface area contributed by atoms with Gasteiger partial charge in [0.2, 0.25) is 5.91 Å². The standard InChI is InChI=1S/C17H19N5O4S/c1-21(10-13(23)22-7-2-4-11(9-22)17(25)26)16(24)12-8-20-15(27-12)14-18-5-3-6-19-14/h3,5-6,8,11H,2,4,7,9-10H2,1H3,(H,25,26). The summed E-state index contributed by atoms with van der Waals surface area (Å²) in [7, 11) is 1.54. The minimum Gasteiger partial charge on any atom is -0.481 e. The summed E-state index contributed by atoms with van der Waals surface area (Å²) in [5.41, 5.74) is 0. The molecular weight excluding hydrogens is 370 g/mol. The largest absolute Gasteiger partial charge is 0.481 e. The zero-order valence-corrected chi connectivity index (χ0v) is 15.6. The number of rotatable bonds is 5. The zero-order valence-electron chi connectivity index (χ0n) is 14.7. The summed E-state index contributed by atoms with van der Waals surface area (Å²) in [6.45, 7) is 0.590. The van der Waals surface area contributed by atoms with Crippen molar-refractivity contribution in [3.05, 3.63) is 29.5 Å². The third-order valence-corrected chi connectivity index (χ3v) is 5.30. The van der Waals surface area contributed by atoms with Crippen LogP contribution in [0.5, 0.6) is 0 Å². The van der Waals surface area contributed by atoms with Crippen molar-refractivity contribution in [3.8, 4) is 10.8 Å². The lowest BCUT2D eigenvalue weighted by atomic mass is 9.98. The number of likely N-dealkylation sites (tertiary alicyclic amines) is 1. The van der Waals surface area contributed by atoms with E-state index in [1.807, 2.05) is 0 Å². The summed E-state index contributed by atoms with van der Waals surface area (Å²) < 4.78 is 0. The van der Waals surface area contributed by atoms with E-state index >= 15 is 0 Å². The number of carboxylic acids is 1. The van der Waals surface area contributed by atoms with Gasteiger partial charge in [0.05, 0.1) is 18.7 Å². The zero-order chi connectivity index (χ0) is 19.4. The number of carbonyl (C=O) groups excluding carboxylic acids is 2. The fourth-order valence-corrected chi connectivity index (χ4v) is 3.71.